The second-order valence-electron chi connectivity index (χ2n) is 10.5. The van der Waals surface area contributed by atoms with E-state index >= 15 is 0 Å². The molecule has 1 N–H and O–H groups in total. The van der Waals surface area contributed by atoms with Crippen molar-refractivity contribution in [1.29, 1.82) is 0 Å². The fraction of sp³-hybridized carbons (Fsp3) is 0.519. The number of hydrogen-bond donors (Lipinski definition) is 1. The predicted molar refractivity (Wildman–Crippen MR) is 131 cm³/mol. The Bertz CT molecular complexity index is 1050. The summed E-state index contributed by atoms with van der Waals surface area (Å²) in [6, 6.07) is 12.6. The molecule has 1 aliphatic carbocycles. The molecule has 6 heteroatoms. The Labute approximate surface area is 196 Å². The third kappa shape index (κ3) is 3.60. The molecule has 1 unspecified atom stereocenters. The van der Waals surface area contributed by atoms with Gasteiger partial charge in [0.15, 0.2) is 11.5 Å². The molecular formula is C27H35N3O3. The Hall–Kier alpha value is -2.57. The summed E-state index contributed by atoms with van der Waals surface area (Å²) in [4.78, 5) is 23.5. The minimum absolute atomic E-state index is 0.00926. The summed E-state index contributed by atoms with van der Waals surface area (Å²) < 4.78 is 6.23. The molecule has 2 aromatic carbocycles. The molecule has 2 aromatic rings. The maximum atomic E-state index is 13.1. The molecule has 0 amide bonds. The van der Waals surface area contributed by atoms with Crippen LogP contribution in [0.5, 0.6) is 5.75 Å². The van der Waals surface area contributed by atoms with E-state index in [1.807, 2.05) is 26.0 Å². The van der Waals surface area contributed by atoms with Crippen LogP contribution in [0.15, 0.2) is 36.4 Å². The number of ether oxygens (including phenoxy) is 1. The fourth-order valence-corrected chi connectivity index (χ4v) is 5.82. The third-order valence-corrected chi connectivity index (χ3v) is 7.65. The molecule has 5 rings (SSSR count). The van der Waals surface area contributed by atoms with Crippen molar-refractivity contribution in [2.45, 2.75) is 51.6 Å². The highest BCUT2D eigenvalue weighted by atomic mass is 16.7. The molecule has 33 heavy (non-hydrogen) atoms. The SMILES string of the molecule is CCOC(CN1CCN(c2c3cccc2ON3)CC1)c1ccc2c(c1)C(C)(C)C(=O)C2(C)C. The lowest BCUT2D eigenvalue weighted by molar-refractivity contribution is -0.126. The second kappa shape index (κ2) is 8.03. The molecule has 0 radical (unpaired) electrons. The number of para-hydroxylation sites is 1. The van der Waals surface area contributed by atoms with E-state index in [9.17, 15) is 4.79 Å². The van der Waals surface area contributed by atoms with Crippen molar-refractivity contribution in [2.75, 3.05) is 49.7 Å². The molecule has 0 saturated carbocycles. The number of carbonyl (C=O) groups is 1. The minimum atomic E-state index is -0.468. The van der Waals surface area contributed by atoms with E-state index in [2.05, 4.69) is 60.3 Å². The minimum Gasteiger partial charge on any atom is -0.380 e. The Morgan fingerprint density at radius 3 is 2.45 bits per heavy atom. The smallest absolute Gasteiger partial charge is 0.180 e. The number of fused-ring (bicyclic) bond motifs is 3. The molecule has 0 aromatic heterocycles. The number of hydrogen-bond acceptors (Lipinski definition) is 6. The zero-order chi connectivity index (χ0) is 23.4. The average Bonchev–Trinajstić information content (AvgIpc) is 3.12. The molecule has 1 atom stereocenters. The molecule has 6 nitrogen and oxygen atoms in total. The van der Waals surface area contributed by atoms with Crippen LogP contribution in [-0.2, 0) is 20.4 Å². The number of nitrogens with zero attached hydrogens (tertiary/aromatic N) is 2. The molecule has 1 fully saturated rings. The van der Waals surface area contributed by atoms with Crippen LogP contribution in [0.1, 0.15) is 57.4 Å². The summed E-state index contributed by atoms with van der Waals surface area (Å²) in [5.41, 5.74) is 7.80. The van der Waals surface area contributed by atoms with Crippen molar-refractivity contribution in [3.05, 3.63) is 53.1 Å². The maximum absolute atomic E-state index is 13.1. The summed E-state index contributed by atoms with van der Waals surface area (Å²) in [5, 5.41) is 0. The van der Waals surface area contributed by atoms with Gasteiger partial charge >= 0.3 is 0 Å². The quantitative estimate of drug-likeness (QED) is 0.704. The van der Waals surface area contributed by atoms with Gasteiger partial charge in [0.1, 0.15) is 5.69 Å². The normalized spacial score (nSPS) is 21.5. The van der Waals surface area contributed by atoms with Gasteiger partial charge in [-0.15, -0.1) is 0 Å². The van der Waals surface area contributed by atoms with Crippen molar-refractivity contribution in [3.63, 3.8) is 0 Å². The Kier molecular flexibility index (Phi) is 5.41. The second-order valence-corrected chi connectivity index (χ2v) is 10.5. The Morgan fingerprint density at radius 2 is 1.76 bits per heavy atom. The van der Waals surface area contributed by atoms with Crippen molar-refractivity contribution in [1.82, 2.24) is 4.90 Å². The first-order valence-corrected chi connectivity index (χ1v) is 12.1. The zero-order valence-electron chi connectivity index (χ0n) is 20.4. The zero-order valence-corrected chi connectivity index (χ0v) is 20.4. The first-order valence-electron chi connectivity index (χ1n) is 12.1. The highest BCUT2D eigenvalue weighted by Gasteiger charge is 2.50. The van der Waals surface area contributed by atoms with Crippen LogP contribution in [0.2, 0.25) is 0 Å². The Balaban J connectivity index is 1.31. The lowest BCUT2D eigenvalue weighted by Crippen LogP contribution is -2.47. The lowest BCUT2D eigenvalue weighted by atomic mass is 9.80. The maximum Gasteiger partial charge on any atom is 0.180 e. The molecule has 2 heterocycles. The van der Waals surface area contributed by atoms with Gasteiger partial charge in [0.2, 0.25) is 0 Å². The topological polar surface area (TPSA) is 54.0 Å². The first-order chi connectivity index (χ1) is 15.7. The van der Waals surface area contributed by atoms with E-state index in [0.717, 1.165) is 55.3 Å². The van der Waals surface area contributed by atoms with Crippen molar-refractivity contribution < 1.29 is 14.4 Å². The summed E-state index contributed by atoms with van der Waals surface area (Å²) in [6.07, 6.45) is -0.00926. The number of rotatable bonds is 6. The molecule has 3 aliphatic rings. The van der Waals surface area contributed by atoms with Gasteiger partial charge < -0.3 is 14.5 Å². The lowest BCUT2D eigenvalue weighted by Gasteiger charge is -2.37. The van der Waals surface area contributed by atoms with E-state index in [4.69, 9.17) is 9.57 Å². The van der Waals surface area contributed by atoms with Crippen LogP contribution in [-0.4, -0.2) is 50.0 Å². The number of benzene rings is 2. The third-order valence-electron chi connectivity index (χ3n) is 7.65. The number of ketones is 1. The number of anilines is 2. The number of piperazine rings is 1. The van der Waals surface area contributed by atoms with Gasteiger partial charge in [-0.25, -0.2) is 5.48 Å². The largest absolute Gasteiger partial charge is 0.380 e. The summed E-state index contributed by atoms with van der Waals surface area (Å²) in [6.45, 7) is 15.6. The van der Waals surface area contributed by atoms with Gasteiger partial charge in [0.25, 0.3) is 0 Å². The number of Topliss-reactive ketones (excluding diaryl/α,β-unsaturated/α-hetero) is 1. The monoisotopic (exact) mass is 449 g/mol. The number of carbonyl (C=O) groups excluding carboxylic acids is 1. The summed E-state index contributed by atoms with van der Waals surface area (Å²) in [7, 11) is 0. The molecule has 176 valence electrons. The van der Waals surface area contributed by atoms with Crippen LogP contribution in [0.3, 0.4) is 0 Å². The van der Waals surface area contributed by atoms with Crippen LogP contribution in [0.25, 0.3) is 0 Å². The van der Waals surface area contributed by atoms with Gasteiger partial charge in [0.05, 0.1) is 11.8 Å². The van der Waals surface area contributed by atoms with Crippen LogP contribution < -0.4 is 15.2 Å². The van der Waals surface area contributed by atoms with Gasteiger partial charge in [-0.1, -0.05) is 24.3 Å². The van der Waals surface area contributed by atoms with Gasteiger partial charge in [-0.05, 0) is 63.4 Å². The molecule has 2 bridgehead atoms. The first kappa shape index (κ1) is 22.2. The molecule has 0 spiro atoms. The van der Waals surface area contributed by atoms with E-state index in [0.29, 0.717) is 12.4 Å². The summed E-state index contributed by atoms with van der Waals surface area (Å²) >= 11 is 0. The van der Waals surface area contributed by atoms with E-state index in [-0.39, 0.29) is 6.10 Å². The summed E-state index contributed by atoms with van der Waals surface area (Å²) in [5.74, 6) is 1.20. The van der Waals surface area contributed by atoms with E-state index in [1.165, 1.54) is 11.3 Å². The highest BCUT2D eigenvalue weighted by Crippen LogP contribution is 2.47. The molecule has 1 saturated heterocycles. The molecule has 2 aliphatic heterocycles. The standard InChI is InChI=1S/C27H35N3O3/c1-6-32-23(18-10-11-19-20(16-18)27(4,5)25(31)26(19,2)3)17-29-12-14-30(15-13-29)24-21-8-7-9-22(24)33-28-21/h7-11,16,23,28H,6,12-15,17H2,1-5H3. The predicted octanol–water partition coefficient (Wildman–Crippen LogP) is 4.44. The number of nitrogens with one attached hydrogen (secondary N) is 1. The van der Waals surface area contributed by atoms with Gasteiger partial charge in [-0.3, -0.25) is 9.69 Å². The van der Waals surface area contributed by atoms with Gasteiger partial charge in [0, 0.05) is 50.2 Å². The van der Waals surface area contributed by atoms with Gasteiger partial charge in [-0.2, -0.15) is 0 Å². The van der Waals surface area contributed by atoms with Crippen LogP contribution in [0, 0.1) is 0 Å². The van der Waals surface area contributed by atoms with Crippen molar-refractivity contribution in [2.24, 2.45) is 0 Å². The Morgan fingerprint density at radius 1 is 1.03 bits per heavy atom. The fourth-order valence-electron chi connectivity index (χ4n) is 5.82. The van der Waals surface area contributed by atoms with Crippen molar-refractivity contribution in [3.8, 4) is 5.75 Å². The highest BCUT2D eigenvalue weighted by molar-refractivity contribution is 6.02. The van der Waals surface area contributed by atoms with E-state index < -0.39 is 10.8 Å². The van der Waals surface area contributed by atoms with Crippen molar-refractivity contribution >= 4 is 17.2 Å². The average molecular weight is 450 g/mol. The molecular weight excluding hydrogens is 414 g/mol. The van der Waals surface area contributed by atoms with E-state index in [1.54, 1.807) is 0 Å². The van der Waals surface area contributed by atoms with Crippen LogP contribution >= 0.6 is 0 Å². The van der Waals surface area contributed by atoms with Crippen LogP contribution in [0.4, 0.5) is 11.4 Å².